The normalized spacial score (nSPS) is 9.83. The highest BCUT2D eigenvalue weighted by molar-refractivity contribution is 5.92. The van der Waals surface area contributed by atoms with E-state index in [9.17, 15) is 19.2 Å². The molecule has 0 rings (SSSR count). The predicted molar refractivity (Wildman–Crippen MR) is 77.7 cm³/mol. The van der Waals surface area contributed by atoms with Gasteiger partial charge in [0.2, 0.25) is 6.79 Å². The zero-order valence-corrected chi connectivity index (χ0v) is 13.0. The van der Waals surface area contributed by atoms with Crippen molar-refractivity contribution < 1.29 is 38.1 Å². The molecule has 0 heterocycles. The maximum atomic E-state index is 11.2. The van der Waals surface area contributed by atoms with E-state index in [0.717, 1.165) is 12.2 Å². The first-order valence-corrected chi connectivity index (χ1v) is 6.41. The van der Waals surface area contributed by atoms with Gasteiger partial charge >= 0.3 is 23.9 Å². The maximum Gasteiger partial charge on any atom is 0.335 e. The van der Waals surface area contributed by atoms with Gasteiger partial charge in [0.1, 0.15) is 13.2 Å². The molecular formula is C15H18O8. The van der Waals surface area contributed by atoms with Gasteiger partial charge in [-0.3, -0.25) is 0 Å². The van der Waals surface area contributed by atoms with Crippen LogP contribution in [0.2, 0.25) is 0 Å². The number of ether oxygens (including phenoxy) is 4. The molecule has 0 aliphatic heterocycles. The van der Waals surface area contributed by atoms with Crippen LogP contribution in [-0.4, -0.2) is 43.9 Å². The Balaban J connectivity index is 3.88. The molecule has 0 saturated heterocycles. The third-order valence-corrected chi connectivity index (χ3v) is 2.00. The lowest BCUT2D eigenvalue weighted by atomic mass is 10.4. The highest BCUT2D eigenvalue weighted by Gasteiger charge is 2.06. The van der Waals surface area contributed by atoms with Crippen LogP contribution in [0, 0.1) is 0 Å². The molecule has 0 radical (unpaired) electrons. The minimum Gasteiger partial charge on any atom is -0.459 e. The summed E-state index contributed by atoms with van der Waals surface area (Å²) in [7, 11) is 0. The lowest BCUT2D eigenvalue weighted by molar-refractivity contribution is -0.161. The van der Waals surface area contributed by atoms with E-state index >= 15 is 0 Å². The molecule has 0 fully saturated rings. The molecule has 0 aromatic carbocycles. The molecule has 0 saturated carbocycles. The van der Waals surface area contributed by atoms with Gasteiger partial charge in [0.15, 0.2) is 0 Å². The third-order valence-electron chi connectivity index (χ3n) is 2.00. The highest BCUT2D eigenvalue weighted by atomic mass is 16.7. The largest absolute Gasteiger partial charge is 0.459 e. The summed E-state index contributed by atoms with van der Waals surface area (Å²) >= 11 is 0. The molecule has 0 aliphatic rings. The number of carbonyl (C=O) groups excluding carboxylic acids is 4. The SMILES string of the molecule is C=C(C)C(=O)OCCOC(=O)/C=C\C(=O)OCOC(=O)C(=C)C. The highest BCUT2D eigenvalue weighted by Crippen LogP contribution is 1.94. The van der Waals surface area contributed by atoms with Crippen molar-refractivity contribution in [3.63, 3.8) is 0 Å². The third kappa shape index (κ3) is 10.5. The van der Waals surface area contributed by atoms with Crippen molar-refractivity contribution in [2.75, 3.05) is 20.0 Å². The molecule has 0 aromatic heterocycles. The Labute approximate surface area is 133 Å². The molecule has 0 unspecified atom stereocenters. The average Bonchev–Trinajstić information content (AvgIpc) is 2.48. The topological polar surface area (TPSA) is 105 Å². The van der Waals surface area contributed by atoms with Crippen molar-refractivity contribution in [2.45, 2.75) is 13.8 Å². The Kier molecular flexibility index (Phi) is 9.42. The minimum atomic E-state index is -0.898. The maximum absolute atomic E-state index is 11.2. The smallest absolute Gasteiger partial charge is 0.335 e. The molecule has 0 bridgehead atoms. The van der Waals surface area contributed by atoms with Crippen LogP contribution in [0.1, 0.15) is 13.8 Å². The van der Waals surface area contributed by atoms with E-state index < -0.39 is 30.7 Å². The molecule has 0 atom stereocenters. The van der Waals surface area contributed by atoms with Crippen LogP contribution in [0.3, 0.4) is 0 Å². The average molecular weight is 326 g/mol. The lowest BCUT2D eigenvalue weighted by Crippen LogP contribution is -2.14. The van der Waals surface area contributed by atoms with Crippen LogP contribution >= 0.6 is 0 Å². The van der Waals surface area contributed by atoms with E-state index in [2.05, 4.69) is 32.1 Å². The van der Waals surface area contributed by atoms with Crippen LogP contribution in [-0.2, 0) is 38.1 Å². The fraction of sp³-hybridized carbons (Fsp3) is 0.333. The van der Waals surface area contributed by atoms with Gasteiger partial charge in [-0.2, -0.15) is 0 Å². The van der Waals surface area contributed by atoms with Gasteiger partial charge in [0.05, 0.1) is 0 Å². The van der Waals surface area contributed by atoms with Gasteiger partial charge in [0, 0.05) is 23.3 Å². The van der Waals surface area contributed by atoms with Gasteiger partial charge in [-0.25, -0.2) is 19.2 Å². The monoisotopic (exact) mass is 326 g/mol. The Morgan fingerprint density at radius 3 is 1.70 bits per heavy atom. The summed E-state index contributed by atoms with van der Waals surface area (Å²) in [5, 5.41) is 0. The standard InChI is InChI=1S/C15H18O8/c1-10(2)14(18)21-8-7-20-12(16)5-6-13(17)22-9-23-15(19)11(3)4/h5-6H,1,3,7-9H2,2,4H3/b6-5-. The second-order valence-electron chi connectivity index (χ2n) is 4.21. The first kappa shape index (κ1) is 20.1. The molecular weight excluding hydrogens is 308 g/mol. The van der Waals surface area contributed by atoms with E-state index in [0.29, 0.717) is 0 Å². The van der Waals surface area contributed by atoms with Crippen molar-refractivity contribution in [3.8, 4) is 0 Å². The Morgan fingerprint density at radius 2 is 1.17 bits per heavy atom. The Bertz CT molecular complexity index is 530. The van der Waals surface area contributed by atoms with Crippen molar-refractivity contribution in [3.05, 3.63) is 36.5 Å². The summed E-state index contributed by atoms with van der Waals surface area (Å²) < 4.78 is 18.4. The molecule has 126 valence electrons. The minimum absolute atomic E-state index is 0.132. The summed E-state index contributed by atoms with van der Waals surface area (Å²) in [5.41, 5.74) is 0.388. The molecule has 0 aromatic rings. The molecule has 0 aliphatic carbocycles. The van der Waals surface area contributed by atoms with Gasteiger partial charge in [-0.15, -0.1) is 0 Å². The second-order valence-corrected chi connectivity index (χ2v) is 4.21. The molecule has 0 amide bonds. The van der Waals surface area contributed by atoms with Crippen molar-refractivity contribution >= 4 is 23.9 Å². The zero-order chi connectivity index (χ0) is 17.8. The lowest BCUT2D eigenvalue weighted by Gasteiger charge is -2.04. The molecule has 8 nitrogen and oxygen atoms in total. The molecule has 8 heteroatoms. The van der Waals surface area contributed by atoms with E-state index in [1.54, 1.807) is 0 Å². The van der Waals surface area contributed by atoms with Crippen molar-refractivity contribution in [2.24, 2.45) is 0 Å². The van der Waals surface area contributed by atoms with Crippen LogP contribution in [0.4, 0.5) is 0 Å². The van der Waals surface area contributed by atoms with Gasteiger partial charge < -0.3 is 18.9 Å². The van der Waals surface area contributed by atoms with E-state index in [1.165, 1.54) is 13.8 Å². The first-order valence-electron chi connectivity index (χ1n) is 6.41. The van der Waals surface area contributed by atoms with Crippen LogP contribution in [0.25, 0.3) is 0 Å². The van der Waals surface area contributed by atoms with E-state index in [-0.39, 0.29) is 24.4 Å². The molecule has 23 heavy (non-hydrogen) atoms. The number of hydrogen-bond acceptors (Lipinski definition) is 8. The molecule has 0 spiro atoms. The predicted octanol–water partition coefficient (Wildman–Crippen LogP) is 0.825. The quantitative estimate of drug-likeness (QED) is 0.202. The van der Waals surface area contributed by atoms with Crippen molar-refractivity contribution in [1.29, 1.82) is 0 Å². The van der Waals surface area contributed by atoms with Crippen LogP contribution < -0.4 is 0 Å². The van der Waals surface area contributed by atoms with Crippen molar-refractivity contribution in [1.82, 2.24) is 0 Å². The number of esters is 4. The number of hydrogen-bond donors (Lipinski definition) is 0. The summed E-state index contributed by atoms with van der Waals surface area (Å²) in [6.45, 7) is 8.74. The van der Waals surface area contributed by atoms with Crippen LogP contribution in [0.15, 0.2) is 36.5 Å². The fourth-order valence-corrected chi connectivity index (χ4v) is 0.896. The van der Waals surface area contributed by atoms with E-state index in [4.69, 9.17) is 0 Å². The molecule has 0 N–H and O–H groups in total. The Hall–Kier alpha value is -2.90. The summed E-state index contributed by atoms with van der Waals surface area (Å²) in [5.74, 6) is -3.02. The Morgan fingerprint density at radius 1 is 0.739 bits per heavy atom. The number of carbonyl (C=O) groups is 4. The summed E-state index contributed by atoms with van der Waals surface area (Å²) in [4.78, 5) is 44.4. The van der Waals surface area contributed by atoms with Gasteiger partial charge in [-0.05, 0) is 13.8 Å². The zero-order valence-electron chi connectivity index (χ0n) is 13.0. The second kappa shape index (κ2) is 10.8. The fourth-order valence-electron chi connectivity index (χ4n) is 0.896. The first-order chi connectivity index (χ1) is 10.7. The van der Waals surface area contributed by atoms with Gasteiger partial charge in [-0.1, -0.05) is 13.2 Å². The summed E-state index contributed by atoms with van der Waals surface area (Å²) in [6.07, 6.45) is 1.63. The van der Waals surface area contributed by atoms with Crippen LogP contribution in [0.5, 0.6) is 0 Å². The summed E-state index contributed by atoms with van der Waals surface area (Å²) in [6, 6.07) is 0. The van der Waals surface area contributed by atoms with Gasteiger partial charge in [0.25, 0.3) is 0 Å². The number of rotatable bonds is 9. The van der Waals surface area contributed by atoms with E-state index in [1.807, 2.05) is 0 Å².